The van der Waals surface area contributed by atoms with Crippen molar-refractivity contribution in [2.24, 2.45) is 7.05 Å². The molecule has 5 rings (SSSR count). The first-order valence-electron chi connectivity index (χ1n) is 12.5. The minimum atomic E-state index is -0.551. The molecule has 38 heavy (non-hydrogen) atoms. The smallest absolute Gasteiger partial charge is 0.256 e. The van der Waals surface area contributed by atoms with E-state index in [1.54, 1.807) is 64.0 Å². The second-order valence-corrected chi connectivity index (χ2v) is 9.28. The SMILES string of the molecule is COc1cc2nccc(Oc3ccc(Nc4nn(C)cc4C(=O)NC4CCCCC4)c(F)c3)c2cc1OC. The van der Waals surface area contributed by atoms with Crippen molar-refractivity contribution in [2.75, 3.05) is 19.5 Å². The fourth-order valence-electron chi connectivity index (χ4n) is 4.71. The van der Waals surface area contributed by atoms with E-state index in [1.165, 1.54) is 17.2 Å². The van der Waals surface area contributed by atoms with Gasteiger partial charge in [0.2, 0.25) is 0 Å². The number of rotatable bonds is 8. The topological polar surface area (TPSA) is 99.5 Å². The number of carbonyl (C=O) groups is 1. The summed E-state index contributed by atoms with van der Waals surface area (Å²) in [4.78, 5) is 17.3. The van der Waals surface area contributed by atoms with Crippen molar-refractivity contribution in [2.45, 2.75) is 38.1 Å². The minimum absolute atomic E-state index is 0.155. The Morgan fingerprint density at radius 2 is 1.79 bits per heavy atom. The number of benzene rings is 2. The molecule has 1 aliphatic carbocycles. The average molecular weight is 520 g/mol. The van der Waals surface area contributed by atoms with Gasteiger partial charge in [0.05, 0.1) is 25.4 Å². The lowest BCUT2D eigenvalue weighted by atomic mass is 9.95. The largest absolute Gasteiger partial charge is 0.493 e. The van der Waals surface area contributed by atoms with Crippen molar-refractivity contribution in [3.63, 3.8) is 0 Å². The van der Waals surface area contributed by atoms with Gasteiger partial charge in [-0.2, -0.15) is 5.10 Å². The van der Waals surface area contributed by atoms with Crippen molar-refractivity contribution in [3.8, 4) is 23.0 Å². The summed E-state index contributed by atoms with van der Waals surface area (Å²) in [7, 11) is 4.83. The zero-order chi connectivity index (χ0) is 26.6. The number of pyridine rings is 1. The number of hydrogen-bond acceptors (Lipinski definition) is 7. The number of nitrogens with zero attached hydrogens (tertiary/aromatic N) is 3. The van der Waals surface area contributed by atoms with Gasteiger partial charge in [-0.3, -0.25) is 14.5 Å². The van der Waals surface area contributed by atoms with E-state index < -0.39 is 5.82 Å². The standard InChI is InChI=1S/C28H30FN5O4/c1-34-16-20(28(35)31-17-7-5-4-6-8-17)27(33-34)32-22-10-9-18(13-21(22)29)38-24-11-12-30-23-15-26(37-3)25(36-2)14-19(23)24/h9-17H,4-8H2,1-3H3,(H,31,35)(H,32,33). The Labute approximate surface area is 219 Å². The molecule has 1 fully saturated rings. The highest BCUT2D eigenvalue weighted by atomic mass is 19.1. The molecule has 2 heterocycles. The number of halogens is 1. The Hall–Kier alpha value is -4.34. The van der Waals surface area contributed by atoms with Gasteiger partial charge in [-0.15, -0.1) is 0 Å². The van der Waals surface area contributed by atoms with Gasteiger partial charge >= 0.3 is 0 Å². The zero-order valence-electron chi connectivity index (χ0n) is 21.6. The van der Waals surface area contributed by atoms with Crippen LogP contribution in [0.15, 0.2) is 48.8 Å². The van der Waals surface area contributed by atoms with Crippen molar-refractivity contribution in [1.29, 1.82) is 0 Å². The van der Waals surface area contributed by atoms with Crippen LogP contribution in [0.3, 0.4) is 0 Å². The van der Waals surface area contributed by atoms with Gasteiger partial charge in [-0.1, -0.05) is 19.3 Å². The third kappa shape index (κ3) is 5.34. The lowest BCUT2D eigenvalue weighted by molar-refractivity contribution is 0.0928. The van der Waals surface area contributed by atoms with Crippen LogP contribution < -0.4 is 24.8 Å². The van der Waals surface area contributed by atoms with E-state index in [0.717, 1.165) is 25.7 Å². The van der Waals surface area contributed by atoms with E-state index in [0.29, 0.717) is 39.5 Å². The maximum atomic E-state index is 15.2. The summed E-state index contributed by atoms with van der Waals surface area (Å²) in [6, 6.07) is 9.84. The lowest BCUT2D eigenvalue weighted by Crippen LogP contribution is -2.36. The minimum Gasteiger partial charge on any atom is -0.493 e. The molecule has 2 aromatic heterocycles. The summed E-state index contributed by atoms with van der Waals surface area (Å²) in [6.45, 7) is 0. The molecule has 1 saturated carbocycles. The van der Waals surface area contributed by atoms with Crippen molar-refractivity contribution in [3.05, 3.63) is 60.2 Å². The van der Waals surface area contributed by atoms with Crippen LogP contribution in [0, 0.1) is 5.82 Å². The van der Waals surface area contributed by atoms with E-state index in [4.69, 9.17) is 14.2 Å². The maximum absolute atomic E-state index is 15.2. The lowest BCUT2D eigenvalue weighted by Gasteiger charge is -2.22. The molecule has 0 radical (unpaired) electrons. The van der Waals surface area contributed by atoms with Crippen LogP contribution in [-0.2, 0) is 7.05 Å². The molecule has 2 aromatic carbocycles. The predicted octanol–water partition coefficient (Wildman–Crippen LogP) is 5.72. The van der Waals surface area contributed by atoms with E-state index in [-0.39, 0.29) is 23.5 Å². The number of amides is 1. The summed E-state index contributed by atoms with van der Waals surface area (Å²) < 4.78 is 33.4. The van der Waals surface area contributed by atoms with Crippen LogP contribution in [0.4, 0.5) is 15.9 Å². The molecule has 0 aliphatic heterocycles. The molecule has 1 amide bonds. The van der Waals surface area contributed by atoms with Crippen LogP contribution in [0.5, 0.6) is 23.0 Å². The van der Waals surface area contributed by atoms with Crippen LogP contribution in [0.25, 0.3) is 10.9 Å². The number of ether oxygens (including phenoxy) is 3. The van der Waals surface area contributed by atoms with Gasteiger partial charge in [0.1, 0.15) is 22.9 Å². The second-order valence-electron chi connectivity index (χ2n) is 9.28. The summed E-state index contributed by atoms with van der Waals surface area (Å²) in [5.41, 5.74) is 1.19. The number of carbonyl (C=O) groups excluding carboxylic acids is 1. The molecule has 198 valence electrons. The van der Waals surface area contributed by atoms with Gasteiger partial charge in [0, 0.05) is 43.0 Å². The molecule has 9 nitrogen and oxygen atoms in total. The molecule has 4 aromatic rings. The number of fused-ring (bicyclic) bond motifs is 1. The normalized spacial score (nSPS) is 13.8. The van der Waals surface area contributed by atoms with E-state index in [2.05, 4.69) is 20.7 Å². The van der Waals surface area contributed by atoms with Crippen LogP contribution in [0.1, 0.15) is 42.5 Å². The Kier molecular flexibility index (Phi) is 7.30. The van der Waals surface area contributed by atoms with Crippen LogP contribution in [0.2, 0.25) is 0 Å². The molecule has 0 atom stereocenters. The molecular weight excluding hydrogens is 489 g/mol. The van der Waals surface area contributed by atoms with Gasteiger partial charge in [-0.25, -0.2) is 4.39 Å². The first kappa shape index (κ1) is 25.3. The number of methoxy groups -OCH3 is 2. The highest BCUT2D eigenvalue weighted by Gasteiger charge is 2.22. The Balaban J connectivity index is 1.35. The highest BCUT2D eigenvalue weighted by molar-refractivity contribution is 5.99. The van der Waals surface area contributed by atoms with Gasteiger partial charge in [-0.05, 0) is 37.1 Å². The fourth-order valence-corrected chi connectivity index (χ4v) is 4.71. The number of hydrogen-bond donors (Lipinski definition) is 2. The van der Waals surface area contributed by atoms with Gasteiger partial charge in [0.15, 0.2) is 17.3 Å². The summed E-state index contributed by atoms with van der Waals surface area (Å²) in [5.74, 6) is 1.38. The molecule has 0 spiro atoms. The number of anilines is 2. The Bertz CT molecular complexity index is 1470. The maximum Gasteiger partial charge on any atom is 0.256 e. The monoisotopic (exact) mass is 519 g/mol. The molecular formula is C28H30FN5O4. The van der Waals surface area contributed by atoms with Crippen molar-refractivity contribution in [1.82, 2.24) is 20.1 Å². The number of aromatic nitrogens is 3. The van der Waals surface area contributed by atoms with Crippen molar-refractivity contribution < 1.29 is 23.4 Å². The Morgan fingerprint density at radius 1 is 1.03 bits per heavy atom. The quantitative estimate of drug-likeness (QED) is 0.307. The molecule has 0 unspecified atom stereocenters. The third-order valence-corrected chi connectivity index (χ3v) is 6.64. The van der Waals surface area contributed by atoms with Gasteiger partial charge in [0.25, 0.3) is 5.91 Å². The fraction of sp³-hybridized carbons (Fsp3) is 0.321. The third-order valence-electron chi connectivity index (χ3n) is 6.64. The van der Waals surface area contributed by atoms with E-state index in [1.807, 2.05) is 0 Å². The van der Waals surface area contributed by atoms with E-state index >= 15 is 4.39 Å². The number of nitrogens with one attached hydrogen (secondary N) is 2. The first-order chi connectivity index (χ1) is 18.4. The highest BCUT2D eigenvalue weighted by Crippen LogP contribution is 2.37. The molecule has 10 heteroatoms. The average Bonchev–Trinajstić information content (AvgIpc) is 3.30. The predicted molar refractivity (Wildman–Crippen MR) is 142 cm³/mol. The zero-order valence-corrected chi connectivity index (χ0v) is 21.6. The molecule has 0 saturated heterocycles. The molecule has 1 aliphatic rings. The van der Waals surface area contributed by atoms with E-state index in [9.17, 15) is 4.79 Å². The second kappa shape index (κ2) is 11.0. The molecule has 2 N–H and O–H groups in total. The summed E-state index contributed by atoms with van der Waals surface area (Å²) in [5, 5.41) is 11.1. The summed E-state index contributed by atoms with van der Waals surface area (Å²) >= 11 is 0. The number of aryl methyl sites for hydroxylation is 1. The van der Waals surface area contributed by atoms with Gasteiger partial charge < -0.3 is 24.8 Å². The van der Waals surface area contributed by atoms with Crippen LogP contribution >= 0.6 is 0 Å². The Morgan fingerprint density at radius 3 is 2.53 bits per heavy atom. The van der Waals surface area contributed by atoms with Crippen molar-refractivity contribution >= 4 is 28.3 Å². The molecule has 0 bridgehead atoms. The first-order valence-corrected chi connectivity index (χ1v) is 12.5. The van der Waals surface area contributed by atoms with Crippen LogP contribution in [-0.4, -0.2) is 40.9 Å². The summed E-state index contributed by atoms with van der Waals surface area (Å²) in [6.07, 6.45) is 8.60.